The van der Waals surface area contributed by atoms with Crippen LogP contribution in [-0.4, -0.2) is 28.7 Å². The fraction of sp³-hybridized carbons (Fsp3) is 0.294. The van der Waals surface area contributed by atoms with Crippen LogP contribution in [0.5, 0.6) is 11.5 Å². The fourth-order valence-electron chi connectivity index (χ4n) is 2.25. The number of pyridine rings is 1. The second kappa shape index (κ2) is 8.11. The third-order valence-electron chi connectivity index (χ3n) is 3.61. The number of aromatic nitrogens is 1. The lowest BCUT2D eigenvalue weighted by molar-refractivity contribution is -0.143. The minimum atomic E-state index is -4.87. The van der Waals surface area contributed by atoms with Crippen molar-refractivity contribution in [2.75, 3.05) is 13.2 Å². The maximum atomic E-state index is 13.0. The van der Waals surface area contributed by atoms with Crippen LogP contribution in [0.4, 0.5) is 17.6 Å². The van der Waals surface area contributed by atoms with Crippen LogP contribution < -0.4 is 15.6 Å². The summed E-state index contributed by atoms with van der Waals surface area (Å²) < 4.78 is 57.2. The lowest BCUT2D eigenvalue weighted by Crippen LogP contribution is -2.31. The lowest BCUT2D eigenvalue weighted by atomic mass is 10.1. The molecule has 0 saturated carbocycles. The first-order valence-corrected chi connectivity index (χ1v) is 7.78. The normalized spacial score (nSPS) is 11.3. The molecule has 0 saturated heterocycles. The topological polar surface area (TPSA) is 80.6 Å². The van der Waals surface area contributed by atoms with E-state index in [2.05, 4.69) is 5.32 Å². The molecule has 0 radical (unpaired) electrons. The van der Waals surface area contributed by atoms with Crippen molar-refractivity contribution >= 4 is 5.91 Å². The first-order valence-electron chi connectivity index (χ1n) is 7.78. The molecule has 1 aromatic carbocycles. The number of carbonyl (C=O) groups is 1. The Morgan fingerprint density at radius 3 is 2.63 bits per heavy atom. The highest BCUT2D eigenvalue weighted by Gasteiger charge is 2.36. The number of ether oxygens (including phenoxy) is 1. The summed E-state index contributed by atoms with van der Waals surface area (Å²) in [5, 5.41) is 12.0. The Kier molecular flexibility index (Phi) is 6.09. The van der Waals surface area contributed by atoms with Gasteiger partial charge in [0.15, 0.2) is 5.75 Å². The average Bonchev–Trinajstić information content (AvgIpc) is 2.58. The van der Waals surface area contributed by atoms with E-state index >= 15 is 0 Å². The molecule has 0 aliphatic heterocycles. The number of aromatic hydroxyl groups is 1. The number of halogens is 4. The number of benzene rings is 1. The number of amides is 1. The molecule has 0 fully saturated rings. The van der Waals surface area contributed by atoms with Gasteiger partial charge in [-0.05, 0) is 24.6 Å². The van der Waals surface area contributed by atoms with Gasteiger partial charge in [-0.2, -0.15) is 13.2 Å². The number of carbonyl (C=O) groups excluding carboxylic acids is 1. The van der Waals surface area contributed by atoms with E-state index < -0.39 is 40.5 Å². The van der Waals surface area contributed by atoms with Gasteiger partial charge in [0, 0.05) is 19.7 Å². The summed E-state index contributed by atoms with van der Waals surface area (Å²) in [7, 11) is 0.844. The molecule has 10 heteroatoms. The van der Waals surface area contributed by atoms with Crippen molar-refractivity contribution in [1.29, 1.82) is 0 Å². The maximum absolute atomic E-state index is 13.0. The lowest BCUT2D eigenvalue weighted by Gasteiger charge is -2.14. The highest BCUT2D eigenvalue weighted by atomic mass is 19.4. The van der Waals surface area contributed by atoms with Crippen LogP contribution in [0.3, 0.4) is 0 Å². The number of hydrogen-bond acceptors (Lipinski definition) is 4. The molecule has 0 aliphatic carbocycles. The molecule has 0 bridgehead atoms. The Balaban J connectivity index is 1.98. The van der Waals surface area contributed by atoms with Gasteiger partial charge in [0.2, 0.25) is 0 Å². The minimum Gasteiger partial charge on any atom is -0.502 e. The largest absolute Gasteiger partial charge is 0.502 e. The number of alkyl halides is 3. The van der Waals surface area contributed by atoms with Gasteiger partial charge in [-0.1, -0.05) is 6.07 Å². The molecule has 1 amide bonds. The zero-order chi connectivity index (χ0) is 20.2. The molecular weight excluding hydrogens is 372 g/mol. The zero-order valence-corrected chi connectivity index (χ0v) is 14.1. The van der Waals surface area contributed by atoms with Crippen LogP contribution in [0.25, 0.3) is 0 Å². The molecule has 27 heavy (non-hydrogen) atoms. The van der Waals surface area contributed by atoms with Gasteiger partial charge in [0.1, 0.15) is 17.3 Å². The Morgan fingerprint density at radius 2 is 2.00 bits per heavy atom. The number of nitrogens with zero attached hydrogens (tertiary/aromatic N) is 1. The predicted octanol–water partition coefficient (Wildman–Crippen LogP) is 2.45. The van der Waals surface area contributed by atoms with Gasteiger partial charge < -0.3 is 19.7 Å². The second-order valence-electron chi connectivity index (χ2n) is 5.57. The molecule has 2 N–H and O–H groups in total. The van der Waals surface area contributed by atoms with E-state index in [0.29, 0.717) is 11.8 Å². The third-order valence-corrected chi connectivity index (χ3v) is 3.61. The Morgan fingerprint density at radius 1 is 1.30 bits per heavy atom. The Labute approximate surface area is 151 Å². The van der Waals surface area contributed by atoms with Gasteiger partial charge >= 0.3 is 6.18 Å². The fourth-order valence-corrected chi connectivity index (χ4v) is 2.25. The number of nitrogens with one attached hydrogen (secondary N) is 1. The van der Waals surface area contributed by atoms with E-state index in [4.69, 9.17) is 4.74 Å². The van der Waals surface area contributed by atoms with Crippen LogP contribution in [0.1, 0.15) is 22.5 Å². The highest BCUT2D eigenvalue weighted by Crippen LogP contribution is 2.30. The van der Waals surface area contributed by atoms with E-state index in [1.165, 1.54) is 24.3 Å². The van der Waals surface area contributed by atoms with E-state index in [1.54, 1.807) is 0 Å². The molecule has 2 rings (SSSR count). The van der Waals surface area contributed by atoms with Crippen LogP contribution in [-0.2, 0) is 13.2 Å². The smallest absolute Gasteiger partial charge is 0.431 e. The molecular formula is C17H16F4N2O4. The molecule has 0 spiro atoms. The van der Waals surface area contributed by atoms with E-state index in [1.807, 2.05) is 0 Å². The predicted molar refractivity (Wildman–Crippen MR) is 87.2 cm³/mol. The molecule has 1 aromatic heterocycles. The van der Waals surface area contributed by atoms with Gasteiger partial charge in [-0.25, -0.2) is 4.39 Å². The maximum Gasteiger partial charge on any atom is 0.431 e. The molecule has 146 valence electrons. The highest BCUT2D eigenvalue weighted by molar-refractivity contribution is 5.96. The minimum absolute atomic E-state index is 0.00412. The van der Waals surface area contributed by atoms with Gasteiger partial charge in [-0.3, -0.25) is 9.59 Å². The standard InChI is InChI=1S/C17H16F4N2O4/c1-23-13(17(19,20)21)9-12(14(24)16(23)26)15(25)22-6-3-7-27-11-5-2-4-10(18)8-11/h2,4-5,8-9,24H,3,6-7H2,1H3,(H,22,25). The molecule has 0 unspecified atom stereocenters. The van der Waals surface area contributed by atoms with Crippen LogP contribution >= 0.6 is 0 Å². The number of rotatable bonds is 6. The number of hydrogen-bond donors (Lipinski definition) is 2. The summed E-state index contributed by atoms with van der Waals surface area (Å²) in [5.74, 6) is -2.27. The van der Waals surface area contributed by atoms with Crippen molar-refractivity contribution in [2.45, 2.75) is 12.6 Å². The molecule has 0 aliphatic rings. The van der Waals surface area contributed by atoms with Crippen LogP contribution in [0, 0.1) is 5.82 Å². The first-order chi connectivity index (χ1) is 12.6. The Hall–Kier alpha value is -3.04. The van der Waals surface area contributed by atoms with Gasteiger partial charge in [0.05, 0.1) is 12.2 Å². The summed E-state index contributed by atoms with van der Waals surface area (Å²) in [6, 6.07) is 5.84. The molecule has 6 nitrogen and oxygen atoms in total. The van der Waals surface area contributed by atoms with Crippen molar-refractivity contribution in [3.8, 4) is 11.5 Å². The zero-order valence-electron chi connectivity index (χ0n) is 14.1. The quantitative estimate of drug-likeness (QED) is 0.589. The second-order valence-corrected chi connectivity index (χ2v) is 5.57. The third kappa shape index (κ3) is 4.99. The van der Waals surface area contributed by atoms with E-state index in [-0.39, 0.29) is 24.1 Å². The van der Waals surface area contributed by atoms with E-state index in [9.17, 15) is 32.3 Å². The Bertz CT molecular complexity index is 893. The van der Waals surface area contributed by atoms with Crippen molar-refractivity contribution in [3.63, 3.8) is 0 Å². The summed E-state index contributed by atoms with van der Waals surface area (Å²) in [4.78, 5) is 23.7. The molecule has 0 atom stereocenters. The van der Waals surface area contributed by atoms with Crippen molar-refractivity contribution < 1.29 is 32.2 Å². The summed E-state index contributed by atoms with van der Waals surface area (Å²) in [5.41, 5.74) is -3.45. The van der Waals surface area contributed by atoms with Crippen molar-refractivity contribution in [1.82, 2.24) is 9.88 Å². The van der Waals surface area contributed by atoms with Crippen molar-refractivity contribution in [3.05, 3.63) is 57.8 Å². The average molecular weight is 388 g/mol. The molecule has 2 aromatic rings. The summed E-state index contributed by atoms with van der Waals surface area (Å²) >= 11 is 0. The van der Waals surface area contributed by atoms with Gasteiger partial charge in [0.25, 0.3) is 11.5 Å². The van der Waals surface area contributed by atoms with Crippen LogP contribution in [0.2, 0.25) is 0 Å². The van der Waals surface area contributed by atoms with Gasteiger partial charge in [-0.15, -0.1) is 0 Å². The summed E-state index contributed by atoms with van der Waals surface area (Å²) in [6.45, 7) is 0.115. The molecule has 1 heterocycles. The SMILES string of the molecule is Cn1c(C(F)(F)F)cc(C(=O)NCCCOc2cccc(F)c2)c(O)c1=O. The first kappa shape index (κ1) is 20.3. The monoisotopic (exact) mass is 388 g/mol. The van der Waals surface area contributed by atoms with E-state index in [0.717, 1.165) is 7.05 Å². The van der Waals surface area contributed by atoms with Crippen molar-refractivity contribution in [2.24, 2.45) is 7.05 Å². The summed E-state index contributed by atoms with van der Waals surface area (Å²) in [6.07, 6.45) is -4.60. The van der Waals surface area contributed by atoms with Crippen LogP contribution in [0.15, 0.2) is 35.1 Å².